The molecule has 2 N–H and O–H groups in total. The zero-order valence-electron chi connectivity index (χ0n) is 5.47. The molecule has 3 heteroatoms. The zero-order chi connectivity index (χ0) is 6.97. The Hall–Kier alpha value is -0.310. The second-order valence-corrected chi connectivity index (χ2v) is 2.97. The SMILES string of the molecule is ClC1NNC2CC=CC=C12. The van der Waals surface area contributed by atoms with Crippen LogP contribution in [0.2, 0.25) is 0 Å². The van der Waals surface area contributed by atoms with Crippen LogP contribution in [0, 0.1) is 0 Å². The number of hydrazine groups is 1. The molecule has 2 aliphatic rings. The van der Waals surface area contributed by atoms with Crippen molar-refractivity contribution < 1.29 is 0 Å². The Morgan fingerprint density at radius 3 is 3.20 bits per heavy atom. The fourth-order valence-electron chi connectivity index (χ4n) is 1.31. The third-order valence-electron chi connectivity index (χ3n) is 1.88. The number of allylic oxidation sites excluding steroid dienone is 2. The van der Waals surface area contributed by atoms with Crippen LogP contribution in [0.1, 0.15) is 6.42 Å². The number of nitrogens with one attached hydrogen (secondary N) is 2. The van der Waals surface area contributed by atoms with Crippen LogP contribution in [0.15, 0.2) is 23.8 Å². The topological polar surface area (TPSA) is 24.1 Å². The molecule has 1 heterocycles. The molecule has 2 nitrogen and oxygen atoms in total. The number of halogens is 1. The van der Waals surface area contributed by atoms with Crippen LogP contribution < -0.4 is 10.9 Å². The Morgan fingerprint density at radius 1 is 1.50 bits per heavy atom. The molecule has 0 aromatic heterocycles. The standard InChI is InChI=1S/C7H9ClN2/c8-7-5-3-1-2-4-6(5)9-10-7/h1-3,6-7,9-10H,4H2. The lowest BCUT2D eigenvalue weighted by atomic mass is 10.0. The monoisotopic (exact) mass is 156 g/mol. The minimum Gasteiger partial charge on any atom is -0.249 e. The van der Waals surface area contributed by atoms with Crippen molar-refractivity contribution in [1.82, 2.24) is 10.9 Å². The number of hydrogen-bond donors (Lipinski definition) is 2. The zero-order valence-corrected chi connectivity index (χ0v) is 6.23. The molecule has 0 radical (unpaired) electrons. The van der Waals surface area contributed by atoms with Crippen LogP contribution in [-0.4, -0.2) is 11.5 Å². The summed E-state index contributed by atoms with van der Waals surface area (Å²) in [6, 6.07) is 0.424. The molecule has 0 amide bonds. The van der Waals surface area contributed by atoms with E-state index in [-0.39, 0.29) is 5.50 Å². The van der Waals surface area contributed by atoms with Crippen LogP contribution in [-0.2, 0) is 0 Å². The lowest BCUT2D eigenvalue weighted by Gasteiger charge is -2.11. The van der Waals surface area contributed by atoms with E-state index in [1.165, 1.54) is 5.57 Å². The van der Waals surface area contributed by atoms with Gasteiger partial charge in [-0.05, 0) is 12.0 Å². The predicted octanol–water partition coefficient (Wildman–Crippen LogP) is 0.914. The Balaban J connectivity index is 2.25. The summed E-state index contributed by atoms with van der Waals surface area (Å²) in [6.07, 6.45) is 7.30. The van der Waals surface area contributed by atoms with Gasteiger partial charge in [0.15, 0.2) is 0 Å². The van der Waals surface area contributed by atoms with Gasteiger partial charge in [0.2, 0.25) is 0 Å². The number of alkyl halides is 1. The Labute approximate surface area is 64.9 Å². The lowest BCUT2D eigenvalue weighted by molar-refractivity contribution is 0.572. The first-order chi connectivity index (χ1) is 4.88. The van der Waals surface area contributed by atoms with Crippen molar-refractivity contribution in [1.29, 1.82) is 0 Å². The smallest absolute Gasteiger partial charge is 0.118 e. The van der Waals surface area contributed by atoms with Crippen molar-refractivity contribution in [3.8, 4) is 0 Å². The maximum absolute atomic E-state index is 5.91. The van der Waals surface area contributed by atoms with Crippen LogP contribution >= 0.6 is 11.6 Å². The number of hydrogen-bond acceptors (Lipinski definition) is 2. The van der Waals surface area contributed by atoms with Gasteiger partial charge in [0.25, 0.3) is 0 Å². The molecule has 1 aliphatic carbocycles. The molecule has 0 spiro atoms. The molecule has 1 aliphatic heterocycles. The second-order valence-electron chi connectivity index (χ2n) is 2.53. The summed E-state index contributed by atoms with van der Waals surface area (Å²) < 4.78 is 0. The first-order valence-electron chi connectivity index (χ1n) is 3.39. The van der Waals surface area contributed by atoms with E-state index in [0.29, 0.717) is 6.04 Å². The van der Waals surface area contributed by atoms with Gasteiger partial charge in [-0.25, -0.2) is 10.9 Å². The van der Waals surface area contributed by atoms with Gasteiger partial charge in [-0.3, -0.25) is 0 Å². The van der Waals surface area contributed by atoms with E-state index < -0.39 is 0 Å². The molecule has 1 saturated heterocycles. The van der Waals surface area contributed by atoms with Gasteiger partial charge in [0, 0.05) is 6.04 Å². The minimum atomic E-state index is -0.0186. The third kappa shape index (κ3) is 0.888. The molecule has 0 aromatic carbocycles. The van der Waals surface area contributed by atoms with Crippen molar-refractivity contribution in [3.63, 3.8) is 0 Å². The first-order valence-corrected chi connectivity index (χ1v) is 3.83. The van der Waals surface area contributed by atoms with Crippen molar-refractivity contribution in [2.24, 2.45) is 0 Å². The average Bonchev–Trinajstić information content (AvgIpc) is 2.34. The van der Waals surface area contributed by atoms with Gasteiger partial charge in [0.1, 0.15) is 5.50 Å². The van der Waals surface area contributed by atoms with Crippen LogP contribution in [0.25, 0.3) is 0 Å². The van der Waals surface area contributed by atoms with Gasteiger partial charge in [-0.1, -0.05) is 29.8 Å². The molecule has 2 rings (SSSR count). The molecule has 0 aromatic rings. The summed E-state index contributed by atoms with van der Waals surface area (Å²) in [7, 11) is 0. The Morgan fingerprint density at radius 2 is 2.40 bits per heavy atom. The molecule has 10 heavy (non-hydrogen) atoms. The molecular weight excluding hydrogens is 148 g/mol. The van der Waals surface area contributed by atoms with E-state index in [4.69, 9.17) is 11.6 Å². The maximum atomic E-state index is 5.91. The number of fused-ring (bicyclic) bond motifs is 1. The normalized spacial score (nSPS) is 37.5. The Bertz CT molecular complexity index is 198. The first kappa shape index (κ1) is 6.40. The van der Waals surface area contributed by atoms with E-state index in [1.54, 1.807) is 0 Å². The molecule has 1 fully saturated rings. The van der Waals surface area contributed by atoms with E-state index in [9.17, 15) is 0 Å². The maximum Gasteiger partial charge on any atom is 0.118 e. The number of rotatable bonds is 0. The van der Waals surface area contributed by atoms with Gasteiger partial charge in [-0.2, -0.15) is 0 Å². The van der Waals surface area contributed by atoms with E-state index in [1.807, 2.05) is 0 Å². The Kier molecular flexibility index (Phi) is 1.52. The summed E-state index contributed by atoms with van der Waals surface area (Å²) in [5.41, 5.74) is 7.31. The van der Waals surface area contributed by atoms with Crippen molar-refractivity contribution >= 4 is 11.6 Å². The van der Waals surface area contributed by atoms with E-state index in [2.05, 4.69) is 29.1 Å². The fourth-order valence-corrected chi connectivity index (χ4v) is 1.59. The highest BCUT2D eigenvalue weighted by Gasteiger charge is 2.27. The van der Waals surface area contributed by atoms with E-state index in [0.717, 1.165) is 6.42 Å². The molecule has 0 bridgehead atoms. The van der Waals surface area contributed by atoms with Crippen LogP contribution in [0.5, 0.6) is 0 Å². The van der Waals surface area contributed by atoms with Crippen LogP contribution in [0.4, 0.5) is 0 Å². The van der Waals surface area contributed by atoms with Crippen LogP contribution in [0.3, 0.4) is 0 Å². The van der Waals surface area contributed by atoms with Gasteiger partial charge >= 0.3 is 0 Å². The lowest BCUT2D eigenvalue weighted by Crippen LogP contribution is -2.31. The summed E-state index contributed by atoms with van der Waals surface area (Å²) in [4.78, 5) is 0. The molecular formula is C7H9ClN2. The average molecular weight is 157 g/mol. The van der Waals surface area contributed by atoms with Crippen molar-refractivity contribution in [2.45, 2.75) is 18.0 Å². The molecule has 2 atom stereocenters. The van der Waals surface area contributed by atoms with Crippen molar-refractivity contribution in [2.75, 3.05) is 0 Å². The molecule has 0 saturated carbocycles. The van der Waals surface area contributed by atoms with Gasteiger partial charge in [-0.15, -0.1) is 0 Å². The highest BCUT2D eigenvalue weighted by atomic mass is 35.5. The quantitative estimate of drug-likeness (QED) is 0.403. The highest BCUT2D eigenvalue weighted by molar-refractivity contribution is 6.22. The summed E-state index contributed by atoms with van der Waals surface area (Å²) in [5, 5.41) is 0. The largest absolute Gasteiger partial charge is 0.249 e. The highest BCUT2D eigenvalue weighted by Crippen LogP contribution is 2.22. The fraction of sp³-hybridized carbons (Fsp3) is 0.429. The summed E-state index contributed by atoms with van der Waals surface area (Å²) in [5.74, 6) is 0. The third-order valence-corrected chi connectivity index (χ3v) is 2.24. The van der Waals surface area contributed by atoms with E-state index >= 15 is 0 Å². The predicted molar refractivity (Wildman–Crippen MR) is 41.5 cm³/mol. The van der Waals surface area contributed by atoms with Gasteiger partial charge in [0.05, 0.1) is 0 Å². The molecule has 2 unspecified atom stereocenters. The van der Waals surface area contributed by atoms with Gasteiger partial charge < -0.3 is 0 Å². The minimum absolute atomic E-state index is 0.0186. The second kappa shape index (κ2) is 2.38. The molecule has 54 valence electrons. The van der Waals surface area contributed by atoms with Crippen molar-refractivity contribution in [3.05, 3.63) is 23.8 Å². The summed E-state index contributed by atoms with van der Waals surface area (Å²) >= 11 is 5.91. The summed E-state index contributed by atoms with van der Waals surface area (Å²) in [6.45, 7) is 0.